The van der Waals surface area contributed by atoms with E-state index in [1.807, 2.05) is 42.5 Å². The summed E-state index contributed by atoms with van der Waals surface area (Å²) in [7, 11) is 0. The molecule has 8 heteroatoms. The van der Waals surface area contributed by atoms with Gasteiger partial charge in [0, 0.05) is 69.0 Å². The van der Waals surface area contributed by atoms with Crippen LogP contribution in [0.25, 0.3) is 0 Å². The lowest BCUT2D eigenvalue weighted by atomic mass is 9.92. The van der Waals surface area contributed by atoms with Gasteiger partial charge in [-0.3, -0.25) is 19.4 Å². The fourth-order valence-corrected chi connectivity index (χ4v) is 7.37. The summed E-state index contributed by atoms with van der Waals surface area (Å²) in [6, 6.07) is 24.7. The lowest BCUT2D eigenvalue weighted by Crippen LogP contribution is -2.55. The third-order valence-electron chi connectivity index (χ3n) is 9.81. The van der Waals surface area contributed by atoms with Gasteiger partial charge < -0.3 is 15.5 Å². The summed E-state index contributed by atoms with van der Waals surface area (Å²) in [4.78, 5) is 40.8. The smallest absolute Gasteiger partial charge is 0.254 e. The van der Waals surface area contributed by atoms with Gasteiger partial charge in [-0.05, 0) is 87.0 Å². The number of nitrogens with zero attached hydrogens (tertiary/aromatic N) is 5. The van der Waals surface area contributed by atoms with Gasteiger partial charge in [-0.1, -0.05) is 48.5 Å². The molecule has 3 aliphatic heterocycles. The Bertz CT molecular complexity index is 1360. The molecule has 0 radical (unpaired) electrons. The lowest BCUT2D eigenvalue weighted by molar-refractivity contribution is -0.138. The van der Waals surface area contributed by atoms with Crippen LogP contribution in [0, 0.1) is 5.92 Å². The molecule has 2 aromatic carbocycles. The largest absolute Gasteiger partial charge is 0.384 e. The number of rotatable bonds is 8. The number of nitrogens with two attached hydrogens (primary N) is 1. The molecule has 0 saturated carbocycles. The number of hydrogen-bond acceptors (Lipinski definition) is 6. The number of piperidine rings is 3. The maximum atomic E-state index is 14.0. The van der Waals surface area contributed by atoms with Crippen LogP contribution in [0.5, 0.6) is 0 Å². The summed E-state index contributed by atoms with van der Waals surface area (Å²) in [5.41, 5.74) is 9.12. The van der Waals surface area contributed by atoms with Gasteiger partial charge in [0.25, 0.3) is 5.91 Å². The second-order valence-electron chi connectivity index (χ2n) is 12.8. The number of anilines is 1. The molecule has 0 aliphatic carbocycles. The van der Waals surface area contributed by atoms with Crippen molar-refractivity contribution in [1.82, 2.24) is 24.6 Å². The van der Waals surface area contributed by atoms with E-state index in [0.29, 0.717) is 11.7 Å². The number of benzene rings is 2. The molecule has 4 heterocycles. The first kappa shape index (κ1) is 30.3. The first-order valence-corrected chi connectivity index (χ1v) is 16.4. The predicted octanol–water partition coefficient (Wildman–Crippen LogP) is 4.67. The van der Waals surface area contributed by atoms with Crippen LogP contribution in [-0.2, 0) is 17.9 Å². The highest BCUT2D eigenvalue weighted by Crippen LogP contribution is 2.29. The molecule has 44 heavy (non-hydrogen) atoms. The van der Waals surface area contributed by atoms with Gasteiger partial charge in [0.2, 0.25) is 5.91 Å². The summed E-state index contributed by atoms with van der Waals surface area (Å²) in [6.07, 6.45) is 7.19. The summed E-state index contributed by atoms with van der Waals surface area (Å²) in [5.74, 6) is 1.07. The predicted molar refractivity (Wildman–Crippen MR) is 174 cm³/mol. The van der Waals surface area contributed by atoms with E-state index >= 15 is 0 Å². The molecule has 0 spiro atoms. The van der Waals surface area contributed by atoms with Crippen LogP contribution >= 0.6 is 0 Å². The van der Waals surface area contributed by atoms with Crippen LogP contribution in [0.15, 0.2) is 79.0 Å². The summed E-state index contributed by atoms with van der Waals surface area (Å²) < 4.78 is 0. The third kappa shape index (κ3) is 7.48. The minimum Gasteiger partial charge on any atom is -0.384 e. The monoisotopic (exact) mass is 594 g/mol. The molecule has 6 rings (SSSR count). The first-order chi connectivity index (χ1) is 21.5. The Kier molecular flexibility index (Phi) is 9.88. The first-order valence-electron chi connectivity index (χ1n) is 16.4. The normalized spacial score (nSPS) is 19.6. The van der Waals surface area contributed by atoms with Crippen LogP contribution in [0.2, 0.25) is 0 Å². The maximum Gasteiger partial charge on any atom is 0.254 e. The van der Waals surface area contributed by atoms with Gasteiger partial charge >= 0.3 is 0 Å². The minimum absolute atomic E-state index is 0.0845. The zero-order chi connectivity index (χ0) is 30.3. The fraction of sp³-hybridized carbons (Fsp3) is 0.472. The molecular formula is C36H46N6O2. The lowest BCUT2D eigenvalue weighted by Gasteiger charge is -2.46. The van der Waals surface area contributed by atoms with Crippen molar-refractivity contribution in [3.63, 3.8) is 0 Å². The Morgan fingerprint density at radius 2 is 1.25 bits per heavy atom. The summed E-state index contributed by atoms with van der Waals surface area (Å²) in [5, 5.41) is 0. The number of carbonyl (C=O) groups is 2. The van der Waals surface area contributed by atoms with Gasteiger partial charge in [0.1, 0.15) is 5.82 Å². The van der Waals surface area contributed by atoms with Gasteiger partial charge in [-0.15, -0.1) is 0 Å². The molecular weight excluding hydrogens is 548 g/mol. The van der Waals surface area contributed by atoms with Crippen molar-refractivity contribution < 1.29 is 9.59 Å². The van der Waals surface area contributed by atoms with Crippen molar-refractivity contribution in [2.75, 3.05) is 45.0 Å². The number of aromatic nitrogens is 1. The molecule has 3 aliphatic rings. The van der Waals surface area contributed by atoms with Crippen molar-refractivity contribution >= 4 is 17.6 Å². The zero-order valence-corrected chi connectivity index (χ0v) is 25.8. The summed E-state index contributed by atoms with van der Waals surface area (Å²) in [6.45, 7) is 7.06. The Hall–Kier alpha value is -3.75. The molecule has 2 amide bonds. The summed E-state index contributed by atoms with van der Waals surface area (Å²) >= 11 is 0. The molecule has 2 N–H and O–H groups in total. The van der Waals surface area contributed by atoms with Crippen molar-refractivity contribution in [3.05, 3.63) is 95.7 Å². The average Bonchev–Trinajstić information content (AvgIpc) is 3.07. The fourth-order valence-electron chi connectivity index (χ4n) is 7.37. The standard InChI is InChI=1S/C36H46N6O2/c37-34-25-29(11-18-38-34)27-39-19-12-31(13-20-39)35(43)41-23-16-33(17-24-41)42(36(44)30-9-5-2-6-10-30)32-14-21-40(22-15-32)26-28-7-3-1-4-8-28/h1-11,18,25,31-33H,12-17,19-24,26-27H2,(H2,37,38). The maximum absolute atomic E-state index is 14.0. The van der Waals surface area contributed by atoms with E-state index in [-0.39, 0.29) is 23.9 Å². The molecule has 8 nitrogen and oxygen atoms in total. The highest BCUT2D eigenvalue weighted by atomic mass is 16.2. The van der Waals surface area contributed by atoms with E-state index in [1.165, 1.54) is 11.1 Å². The topological polar surface area (TPSA) is 86.0 Å². The van der Waals surface area contributed by atoms with Crippen molar-refractivity contribution in [3.8, 4) is 0 Å². The number of carbonyl (C=O) groups excluding carboxylic acids is 2. The Morgan fingerprint density at radius 3 is 1.86 bits per heavy atom. The van der Waals surface area contributed by atoms with E-state index in [9.17, 15) is 9.59 Å². The van der Waals surface area contributed by atoms with Crippen LogP contribution in [-0.4, -0.2) is 87.8 Å². The van der Waals surface area contributed by atoms with Crippen LogP contribution < -0.4 is 5.73 Å². The highest BCUT2D eigenvalue weighted by molar-refractivity contribution is 5.94. The Morgan fingerprint density at radius 1 is 0.705 bits per heavy atom. The molecule has 0 unspecified atom stereocenters. The van der Waals surface area contributed by atoms with Crippen molar-refractivity contribution in [2.45, 2.75) is 63.7 Å². The highest BCUT2D eigenvalue weighted by Gasteiger charge is 2.37. The third-order valence-corrected chi connectivity index (χ3v) is 9.81. The molecule has 232 valence electrons. The van der Waals surface area contributed by atoms with Crippen LogP contribution in [0.1, 0.15) is 60.0 Å². The van der Waals surface area contributed by atoms with Gasteiger partial charge in [0.05, 0.1) is 0 Å². The van der Waals surface area contributed by atoms with E-state index in [4.69, 9.17) is 5.73 Å². The quantitative estimate of drug-likeness (QED) is 0.408. The van der Waals surface area contributed by atoms with E-state index < -0.39 is 0 Å². The van der Waals surface area contributed by atoms with E-state index in [0.717, 1.165) is 96.4 Å². The van der Waals surface area contributed by atoms with Crippen molar-refractivity contribution in [1.29, 1.82) is 0 Å². The van der Waals surface area contributed by atoms with E-state index in [1.54, 1.807) is 6.20 Å². The van der Waals surface area contributed by atoms with Crippen molar-refractivity contribution in [2.24, 2.45) is 5.92 Å². The molecule has 0 atom stereocenters. The van der Waals surface area contributed by atoms with E-state index in [2.05, 4.69) is 54.9 Å². The SMILES string of the molecule is Nc1cc(CN2CCC(C(=O)N3CCC(N(C(=O)c4ccccc4)C4CCN(Cc5ccccc5)CC4)CC3)CC2)ccn1. The number of amides is 2. The zero-order valence-electron chi connectivity index (χ0n) is 25.8. The molecule has 0 bridgehead atoms. The Labute approximate surface area is 261 Å². The molecule has 3 saturated heterocycles. The van der Waals surface area contributed by atoms with Gasteiger partial charge in [-0.2, -0.15) is 0 Å². The molecule has 3 aromatic rings. The number of hydrogen-bond donors (Lipinski definition) is 1. The number of nitrogen functional groups attached to an aromatic ring is 1. The minimum atomic E-state index is 0.0845. The van der Waals surface area contributed by atoms with Gasteiger partial charge in [-0.25, -0.2) is 4.98 Å². The molecule has 1 aromatic heterocycles. The van der Waals surface area contributed by atoms with Crippen LogP contribution in [0.3, 0.4) is 0 Å². The van der Waals surface area contributed by atoms with Gasteiger partial charge in [0.15, 0.2) is 0 Å². The number of likely N-dealkylation sites (tertiary alicyclic amines) is 3. The van der Waals surface area contributed by atoms with Crippen LogP contribution in [0.4, 0.5) is 5.82 Å². The average molecular weight is 595 g/mol. The second-order valence-corrected chi connectivity index (χ2v) is 12.8. The molecule has 3 fully saturated rings. The number of pyridine rings is 1. The second kappa shape index (κ2) is 14.4. The Balaban J connectivity index is 1.04.